The average Bonchev–Trinajstić information content (AvgIpc) is 2.13. The molecule has 0 N–H and O–H groups in total. The minimum absolute atomic E-state index is 0.0289. The number of allylic oxidation sites excluding steroid dienone is 2. The van der Waals surface area contributed by atoms with Crippen LogP contribution in [0.4, 0.5) is 0 Å². The molecule has 0 amide bonds. The standard InChI is InChI=1S/C8H10O2/c1-7-2-4-10-5-3-8(7)6-9/h2-8H,1H3/t7-,8+/m1/s1. The second-order valence-corrected chi connectivity index (χ2v) is 2.37. The summed E-state index contributed by atoms with van der Waals surface area (Å²) in [6.07, 6.45) is 7.71. The summed E-state index contributed by atoms with van der Waals surface area (Å²) in [7, 11) is 0. The van der Waals surface area contributed by atoms with Gasteiger partial charge in [-0.05, 0) is 18.1 Å². The van der Waals surface area contributed by atoms with Crippen molar-refractivity contribution in [2.45, 2.75) is 6.92 Å². The summed E-state index contributed by atoms with van der Waals surface area (Å²) in [6, 6.07) is 0. The highest BCUT2D eigenvalue weighted by Gasteiger charge is 2.11. The van der Waals surface area contributed by atoms with Crippen LogP contribution in [0.25, 0.3) is 0 Å². The number of carbonyl (C=O) groups excluding carboxylic acids is 1. The van der Waals surface area contributed by atoms with E-state index in [4.69, 9.17) is 4.74 Å². The van der Waals surface area contributed by atoms with Crippen LogP contribution in [-0.2, 0) is 9.53 Å². The molecule has 0 radical (unpaired) electrons. The third-order valence-corrected chi connectivity index (χ3v) is 1.60. The Labute approximate surface area is 60.2 Å². The molecule has 2 atom stereocenters. The fraction of sp³-hybridized carbons (Fsp3) is 0.375. The van der Waals surface area contributed by atoms with Crippen LogP contribution >= 0.6 is 0 Å². The molecule has 1 heterocycles. The molecule has 0 saturated heterocycles. The van der Waals surface area contributed by atoms with Crippen molar-refractivity contribution in [2.75, 3.05) is 0 Å². The minimum atomic E-state index is -0.0289. The Morgan fingerprint density at radius 3 is 2.80 bits per heavy atom. The van der Waals surface area contributed by atoms with E-state index in [2.05, 4.69) is 0 Å². The first kappa shape index (κ1) is 7.06. The lowest BCUT2D eigenvalue weighted by atomic mass is 9.96. The second kappa shape index (κ2) is 3.20. The molecule has 0 aliphatic carbocycles. The Bertz CT molecular complexity index is 170. The summed E-state index contributed by atoms with van der Waals surface area (Å²) in [5, 5.41) is 0. The molecule has 2 heteroatoms. The molecule has 0 spiro atoms. The third kappa shape index (κ3) is 1.47. The Morgan fingerprint density at radius 2 is 2.10 bits per heavy atom. The second-order valence-electron chi connectivity index (χ2n) is 2.37. The quantitative estimate of drug-likeness (QED) is 0.513. The van der Waals surface area contributed by atoms with Gasteiger partial charge in [0.15, 0.2) is 0 Å². The van der Waals surface area contributed by atoms with Crippen LogP contribution < -0.4 is 0 Å². The smallest absolute Gasteiger partial charge is 0.127 e. The highest BCUT2D eigenvalue weighted by Crippen LogP contribution is 2.14. The Hall–Kier alpha value is -1.05. The highest BCUT2D eigenvalue weighted by molar-refractivity contribution is 5.57. The lowest BCUT2D eigenvalue weighted by molar-refractivity contribution is -0.110. The molecule has 1 rings (SSSR count). The van der Waals surface area contributed by atoms with Gasteiger partial charge < -0.3 is 9.53 Å². The van der Waals surface area contributed by atoms with Crippen molar-refractivity contribution in [3.8, 4) is 0 Å². The van der Waals surface area contributed by atoms with Crippen molar-refractivity contribution in [1.82, 2.24) is 0 Å². The van der Waals surface area contributed by atoms with Crippen molar-refractivity contribution in [1.29, 1.82) is 0 Å². The number of ether oxygens (including phenoxy) is 1. The molecule has 0 aromatic rings. The molecule has 0 unspecified atom stereocenters. The van der Waals surface area contributed by atoms with Crippen molar-refractivity contribution >= 4 is 6.29 Å². The molecule has 0 saturated carbocycles. The van der Waals surface area contributed by atoms with Gasteiger partial charge in [0.2, 0.25) is 0 Å². The van der Waals surface area contributed by atoms with E-state index in [0.717, 1.165) is 6.29 Å². The molecule has 10 heavy (non-hydrogen) atoms. The number of hydrogen-bond acceptors (Lipinski definition) is 2. The zero-order valence-electron chi connectivity index (χ0n) is 5.86. The van der Waals surface area contributed by atoms with E-state index in [9.17, 15) is 4.79 Å². The van der Waals surface area contributed by atoms with E-state index >= 15 is 0 Å². The molecular weight excluding hydrogens is 128 g/mol. The third-order valence-electron chi connectivity index (χ3n) is 1.60. The molecular formula is C8H10O2. The predicted octanol–water partition coefficient (Wildman–Crippen LogP) is 1.50. The van der Waals surface area contributed by atoms with Crippen LogP contribution in [0, 0.1) is 11.8 Å². The lowest BCUT2D eigenvalue weighted by Gasteiger charge is -2.06. The van der Waals surface area contributed by atoms with Gasteiger partial charge in [0.25, 0.3) is 0 Å². The molecule has 0 aromatic heterocycles. The van der Waals surface area contributed by atoms with Gasteiger partial charge in [-0.15, -0.1) is 0 Å². The number of hydrogen-bond donors (Lipinski definition) is 0. The summed E-state index contributed by atoms with van der Waals surface area (Å²) in [5.74, 6) is 0.218. The van der Waals surface area contributed by atoms with Gasteiger partial charge in [0, 0.05) is 5.92 Å². The zero-order chi connectivity index (χ0) is 7.40. The van der Waals surface area contributed by atoms with E-state index in [1.54, 1.807) is 18.6 Å². The monoisotopic (exact) mass is 138 g/mol. The molecule has 54 valence electrons. The maximum absolute atomic E-state index is 10.4. The van der Waals surface area contributed by atoms with Crippen molar-refractivity contribution in [2.24, 2.45) is 11.8 Å². The highest BCUT2D eigenvalue weighted by atomic mass is 16.5. The van der Waals surface area contributed by atoms with Gasteiger partial charge in [-0.2, -0.15) is 0 Å². The SMILES string of the molecule is C[C@@H]1C=COC=C[C@H]1C=O. The molecule has 2 nitrogen and oxygen atoms in total. The lowest BCUT2D eigenvalue weighted by Crippen LogP contribution is -2.06. The largest absolute Gasteiger partial charge is 0.473 e. The first-order chi connectivity index (χ1) is 4.84. The van der Waals surface area contributed by atoms with Crippen LogP contribution in [0.2, 0.25) is 0 Å². The summed E-state index contributed by atoms with van der Waals surface area (Å²) in [6.45, 7) is 1.98. The van der Waals surface area contributed by atoms with Crippen LogP contribution in [0.15, 0.2) is 24.7 Å². The van der Waals surface area contributed by atoms with Gasteiger partial charge in [-0.1, -0.05) is 6.92 Å². The molecule has 1 aliphatic heterocycles. The summed E-state index contributed by atoms with van der Waals surface area (Å²) in [4.78, 5) is 10.4. The van der Waals surface area contributed by atoms with Crippen LogP contribution in [-0.4, -0.2) is 6.29 Å². The fourth-order valence-electron chi connectivity index (χ4n) is 0.824. The summed E-state index contributed by atoms with van der Waals surface area (Å²) in [5.41, 5.74) is 0. The van der Waals surface area contributed by atoms with Gasteiger partial charge >= 0.3 is 0 Å². The van der Waals surface area contributed by atoms with Gasteiger partial charge in [-0.3, -0.25) is 0 Å². The fourth-order valence-corrected chi connectivity index (χ4v) is 0.824. The van der Waals surface area contributed by atoms with E-state index in [-0.39, 0.29) is 11.8 Å². The van der Waals surface area contributed by atoms with Gasteiger partial charge in [0.05, 0.1) is 12.5 Å². The number of rotatable bonds is 1. The van der Waals surface area contributed by atoms with Crippen LogP contribution in [0.3, 0.4) is 0 Å². The molecule has 0 bridgehead atoms. The van der Waals surface area contributed by atoms with E-state index in [1.165, 1.54) is 0 Å². The number of aldehydes is 1. The predicted molar refractivity (Wildman–Crippen MR) is 38.1 cm³/mol. The zero-order valence-corrected chi connectivity index (χ0v) is 5.86. The Kier molecular flexibility index (Phi) is 2.26. The maximum atomic E-state index is 10.4. The van der Waals surface area contributed by atoms with E-state index < -0.39 is 0 Å². The van der Waals surface area contributed by atoms with Crippen molar-refractivity contribution < 1.29 is 9.53 Å². The topological polar surface area (TPSA) is 26.3 Å². The Balaban J connectivity index is 2.69. The molecule has 1 aliphatic rings. The van der Waals surface area contributed by atoms with E-state index in [1.807, 2.05) is 13.0 Å². The van der Waals surface area contributed by atoms with Crippen molar-refractivity contribution in [3.63, 3.8) is 0 Å². The normalized spacial score (nSPS) is 30.9. The molecule has 0 fully saturated rings. The van der Waals surface area contributed by atoms with Gasteiger partial charge in [-0.25, -0.2) is 0 Å². The summed E-state index contributed by atoms with van der Waals surface area (Å²) >= 11 is 0. The van der Waals surface area contributed by atoms with E-state index in [0.29, 0.717) is 0 Å². The average molecular weight is 138 g/mol. The minimum Gasteiger partial charge on any atom is -0.473 e. The maximum Gasteiger partial charge on any atom is 0.127 e. The van der Waals surface area contributed by atoms with Crippen LogP contribution in [0.5, 0.6) is 0 Å². The van der Waals surface area contributed by atoms with Gasteiger partial charge in [0.1, 0.15) is 6.29 Å². The first-order valence-electron chi connectivity index (χ1n) is 3.28. The van der Waals surface area contributed by atoms with Crippen molar-refractivity contribution in [3.05, 3.63) is 24.7 Å². The summed E-state index contributed by atoms with van der Waals surface area (Å²) < 4.78 is 4.88. The molecule has 0 aromatic carbocycles. The number of carbonyl (C=O) groups is 1. The Morgan fingerprint density at radius 1 is 1.40 bits per heavy atom. The first-order valence-corrected chi connectivity index (χ1v) is 3.28. The van der Waals surface area contributed by atoms with Crippen LogP contribution in [0.1, 0.15) is 6.92 Å².